The predicted octanol–water partition coefficient (Wildman–Crippen LogP) is 4.91. The SMILES string of the molecule is FC(F)(F)c1ccc(NC(=S)NCCCSCc2ccco2)cc1. The fourth-order valence-electron chi connectivity index (χ4n) is 1.86. The number of alkyl halides is 3. The number of hydrogen-bond donors (Lipinski definition) is 2. The number of benzene rings is 1. The van der Waals surface area contributed by atoms with Crippen molar-refractivity contribution in [2.24, 2.45) is 0 Å². The first-order chi connectivity index (χ1) is 11.4. The van der Waals surface area contributed by atoms with E-state index < -0.39 is 11.7 Å². The molecule has 0 spiro atoms. The molecule has 0 fully saturated rings. The summed E-state index contributed by atoms with van der Waals surface area (Å²) >= 11 is 6.89. The molecule has 0 saturated carbocycles. The summed E-state index contributed by atoms with van der Waals surface area (Å²) in [6, 6.07) is 8.57. The number of nitrogens with one attached hydrogen (secondary N) is 2. The molecule has 0 aliphatic rings. The fourth-order valence-corrected chi connectivity index (χ4v) is 2.94. The second kappa shape index (κ2) is 8.98. The van der Waals surface area contributed by atoms with Gasteiger partial charge in [0.1, 0.15) is 5.76 Å². The molecule has 0 radical (unpaired) electrons. The highest BCUT2D eigenvalue weighted by Crippen LogP contribution is 2.29. The lowest BCUT2D eigenvalue weighted by atomic mass is 10.2. The van der Waals surface area contributed by atoms with Crippen LogP contribution in [-0.2, 0) is 11.9 Å². The molecular formula is C16H17F3N2OS2. The Labute approximate surface area is 148 Å². The molecule has 3 nitrogen and oxygen atoms in total. The number of thiocarbonyl (C=S) groups is 1. The van der Waals surface area contributed by atoms with Crippen molar-refractivity contribution < 1.29 is 17.6 Å². The van der Waals surface area contributed by atoms with E-state index in [-0.39, 0.29) is 0 Å². The second-order valence-electron chi connectivity index (χ2n) is 4.94. The standard InChI is InChI=1S/C16H17F3N2OS2/c17-16(18,19)12-4-6-13(7-5-12)21-15(23)20-8-2-10-24-11-14-3-1-9-22-14/h1,3-7,9H,2,8,10-11H2,(H2,20,21,23). The third-order valence-corrected chi connectivity index (χ3v) is 4.36. The Morgan fingerprint density at radius 1 is 1.17 bits per heavy atom. The average Bonchev–Trinajstić information content (AvgIpc) is 3.03. The van der Waals surface area contributed by atoms with Gasteiger partial charge in [-0.05, 0) is 60.8 Å². The van der Waals surface area contributed by atoms with Crippen LogP contribution >= 0.6 is 24.0 Å². The molecule has 1 heterocycles. The highest BCUT2D eigenvalue weighted by atomic mass is 32.2. The molecule has 0 saturated heterocycles. The van der Waals surface area contributed by atoms with Gasteiger partial charge in [-0.25, -0.2) is 0 Å². The van der Waals surface area contributed by atoms with Crippen LogP contribution in [0.5, 0.6) is 0 Å². The van der Waals surface area contributed by atoms with Crippen LogP contribution in [0.2, 0.25) is 0 Å². The third kappa shape index (κ3) is 6.45. The molecule has 24 heavy (non-hydrogen) atoms. The molecule has 0 aliphatic heterocycles. The van der Waals surface area contributed by atoms with Gasteiger partial charge in [-0.3, -0.25) is 0 Å². The minimum absolute atomic E-state index is 0.394. The molecule has 1 aromatic heterocycles. The van der Waals surface area contributed by atoms with E-state index >= 15 is 0 Å². The van der Waals surface area contributed by atoms with Crippen LogP contribution in [0.1, 0.15) is 17.7 Å². The Morgan fingerprint density at radius 2 is 1.92 bits per heavy atom. The summed E-state index contributed by atoms with van der Waals surface area (Å²) in [5.74, 6) is 2.74. The van der Waals surface area contributed by atoms with E-state index in [1.54, 1.807) is 18.0 Å². The number of hydrogen-bond acceptors (Lipinski definition) is 3. The average molecular weight is 374 g/mol. The molecule has 2 N–H and O–H groups in total. The lowest BCUT2D eigenvalue weighted by molar-refractivity contribution is -0.137. The van der Waals surface area contributed by atoms with E-state index in [0.717, 1.165) is 35.8 Å². The van der Waals surface area contributed by atoms with Crippen LogP contribution in [0.3, 0.4) is 0 Å². The van der Waals surface area contributed by atoms with Crippen molar-refractivity contribution in [3.63, 3.8) is 0 Å². The van der Waals surface area contributed by atoms with E-state index in [1.165, 1.54) is 12.1 Å². The zero-order valence-electron chi connectivity index (χ0n) is 12.7. The van der Waals surface area contributed by atoms with Crippen molar-refractivity contribution in [1.82, 2.24) is 5.32 Å². The maximum atomic E-state index is 12.5. The molecule has 8 heteroatoms. The molecule has 0 unspecified atom stereocenters. The Kier molecular flexibility index (Phi) is 6.99. The first-order valence-corrected chi connectivity index (χ1v) is 8.84. The molecule has 0 aliphatic carbocycles. The molecule has 1 aromatic carbocycles. The molecule has 130 valence electrons. The van der Waals surface area contributed by atoms with Gasteiger partial charge < -0.3 is 15.1 Å². The molecule has 0 bridgehead atoms. The number of halogens is 3. The maximum absolute atomic E-state index is 12.5. The van der Waals surface area contributed by atoms with Crippen LogP contribution in [-0.4, -0.2) is 17.4 Å². The van der Waals surface area contributed by atoms with Crippen LogP contribution in [0.25, 0.3) is 0 Å². The minimum Gasteiger partial charge on any atom is -0.468 e. The number of rotatable bonds is 7. The van der Waals surface area contributed by atoms with E-state index in [2.05, 4.69) is 10.6 Å². The lowest BCUT2D eigenvalue weighted by Gasteiger charge is -2.11. The van der Waals surface area contributed by atoms with Crippen molar-refractivity contribution in [1.29, 1.82) is 0 Å². The van der Waals surface area contributed by atoms with Gasteiger partial charge in [-0.1, -0.05) is 0 Å². The summed E-state index contributed by atoms with van der Waals surface area (Å²) < 4.78 is 42.7. The molecular weight excluding hydrogens is 357 g/mol. The van der Waals surface area contributed by atoms with E-state index in [0.29, 0.717) is 17.3 Å². The smallest absolute Gasteiger partial charge is 0.416 e. The Hall–Kier alpha value is -1.67. The number of anilines is 1. The van der Waals surface area contributed by atoms with E-state index in [4.69, 9.17) is 16.6 Å². The first-order valence-electron chi connectivity index (χ1n) is 7.27. The predicted molar refractivity (Wildman–Crippen MR) is 95.2 cm³/mol. The quantitative estimate of drug-likeness (QED) is 0.532. The Bertz CT molecular complexity index is 628. The van der Waals surface area contributed by atoms with Gasteiger partial charge in [0.25, 0.3) is 0 Å². The van der Waals surface area contributed by atoms with Crippen LogP contribution in [0, 0.1) is 0 Å². The molecule has 2 aromatic rings. The molecule has 0 atom stereocenters. The van der Waals surface area contributed by atoms with Gasteiger partial charge in [-0.15, -0.1) is 0 Å². The number of thioether (sulfide) groups is 1. The highest BCUT2D eigenvalue weighted by Gasteiger charge is 2.29. The lowest BCUT2D eigenvalue weighted by Crippen LogP contribution is -2.29. The van der Waals surface area contributed by atoms with Crippen molar-refractivity contribution in [3.8, 4) is 0 Å². The van der Waals surface area contributed by atoms with E-state index in [9.17, 15) is 13.2 Å². The van der Waals surface area contributed by atoms with Crippen molar-refractivity contribution >= 4 is 34.8 Å². The van der Waals surface area contributed by atoms with Gasteiger partial charge in [0.05, 0.1) is 17.6 Å². The zero-order valence-corrected chi connectivity index (χ0v) is 14.4. The largest absolute Gasteiger partial charge is 0.468 e. The molecule has 0 amide bonds. The van der Waals surface area contributed by atoms with Gasteiger partial charge in [0.2, 0.25) is 0 Å². The van der Waals surface area contributed by atoms with Crippen molar-refractivity contribution in [2.75, 3.05) is 17.6 Å². The summed E-state index contributed by atoms with van der Waals surface area (Å²) in [7, 11) is 0. The number of furan rings is 1. The third-order valence-electron chi connectivity index (χ3n) is 3.05. The van der Waals surface area contributed by atoms with Crippen molar-refractivity contribution in [3.05, 3.63) is 54.0 Å². The van der Waals surface area contributed by atoms with Crippen molar-refractivity contribution in [2.45, 2.75) is 18.3 Å². The zero-order chi connectivity index (χ0) is 17.4. The Morgan fingerprint density at radius 3 is 2.54 bits per heavy atom. The summed E-state index contributed by atoms with van der Waals surface area (Å²) in [5.41, 5.74) is -0.159. The summed E-state index contributed by atoms with van der Waals surface area (Å²) in [4.78, 5) is 0. The monoisotopic (exact) mass is 374 g/mol. The van der Waals surface area contributed by atoms with E-state index in [1.807, 2.05) is 12.1 Å². The van der Waals surface area contributed by atoms with Gasteiger partial charge >= 0.3 is 6.18 Å². The Balaban J connectivity index is 1.61. The minimum atomic E-state index is -4.33. The first kappa shape index (κ1) is 18.7. The van der Waals surface area contributed by atoms with Crippen LogP contribution < -0.4 is 10.6 Å². The van der Waals surface area contributed by atoms with Gasteiger partial charge in [-0.2, -0.15) is 24.9 Å². The maximum Gasteiger partial charge on any atom is 0.416 e. The normalized spacial score (nSPS) is 11.3. The summed E-state index contributed by atoms with van der Waals surface area (Å²) in [6.07, 6.45) is -1.76. The highest BCUT2D eigenvalue weighted by molar-refractivity contribution is 7.98. The van der Waals surface area contributed by atoms with Crippen LogP contribution in [0.4, 0.5) is 18.9 Å². The van der Waals surface area contributed by atoms with Crippen LogP contribution in [0.15, 0.2) is 47.1 Å². The summed E-state index contributed by atoms with van der Waals surface area (Å²) in [5, 5.41) is 6.29. The fraction of sp³-hybridized carbons (Fsp3) is 0.312. The second-order valence-corrected chi connectivity index (χ2v) is 6.45. The van der Waals surface area contributed by atoms with Gasteiger partial charge in [0, 0.05) is 12.2 Å². The topological polar surface area (TPSA) is 37.2 Å². The summed E-state index contributed by atoms with van der Waals surface area (Å²) in [6.45, 7) is 0.692. The van der Waals surface area contributed by atoms with Gasteiger partial charge in [0.15, 0.2) is 5.11 Å². The molecule has 2 rings (SSSR count).